The van der Waals surface area contributed by atoms with E-state index in [9.17, 15) is 9.59 Å². The monoisotopic (exact) mass is 690 g/mol. The third-order valence-electron chi connectivity index (χ3n) is 11.6. The number of allylic oxidation sites excluding steroid dienone is 6. The minimum atomic E-state index is -0.386. The number of esters is 1. The van der Waals surface area contributed by atoms with E-state index in [2.05, 4.69) is 48.8 Å². The van der Waals surface area contributed by atoms with E-state index in [0.29, 0.717) is 18.4 Å². The van der Waals surface area contributed by atoms with Crippen LogP contribution in [0.1, 0.15) is 124 Å². The molecule has 5 aliphatic heterocycles. The zero-order valence-electron chi connectivity index (χ0n) is 31.6. The number of piperidine rings is 1. The molecule has 5 aliphatic rings. The molecule has 0 aliphatic carbocycles. The molecule has 0 aromatic carbocycles. The standard InChI is InChI=1S/C43H66N2O5/c1-5-35-28-39-30-38-16-13-15-37(48-38)26-33(3)18-19-34(4)41(50-43(47)31-40(29-35)49-39)17-10-8-9-14-32(2)27-42(46)45-24-20-36(21-25-45)44-22-11-6-7-12-23-44/h5,8-10,14,17-19,33-34,36-41H,6-7,11-13,15-16,20-31H2,1-4H3/b9-8-,17-10+,19-18+,32-14+,35-5-. The predicted octanol–water partition coefficient (Wildman–Crippen LogP) is 8.66. The number of likely N-dealkylation sites (tertiary alicyclic amines) is 2. The molecule has 1 amide bonds. The fourth-order valence-electron chi connectivity index (χ4n) is 8.64. The molecule has 0 spiro atoms. The number of amides is 1. The zero-order chi connectivity index (χ0) is 35.3. The summed E-state index contributed by atoms with van der Waals surface area (Å²) in [6.07, 6.45) is 31.8. The van der Waals surface area contributed by atoms with Crippen LogP contribution in [0, 0.1) is 11.8 Å². The highest BCUT2D eigenvalue weighted by atomic mass is 16.5. The van der Waals surface area contributed by atoms with Crippen molar-refractivity contribution in [3.63, 3.8) is 0 Å². The molecule has 4 bridgehead atoms. The number of fused-ring (bicyclic) bond motifs is 4. The molecular formula is C43H66N2O5. The van der Waals surface area contributed by atoms with E-state index in [-0.39, 0.29) is 54.7 Å². The van der Waals surface area contributed by atoms with E-state index in [1.54, 1.807) is 0 Å². The van der Waals surface area contributed by atoms with Gasteiger partial charge < -0.3 is 24.0 Å². The Labute approximate surface area is 303 Å². The highest BCUT2D eigenvalue weighted by Gasteiger charge is 2.33. The van der Waals surface area contributed by atoms with E-state index in [1.165, 1.54) is 50.8 Å². The van der Waals surface area contributed by atoms with Crippen molar-refractivity contribution in [2.45, 2.75) is 161 Å². The Morgan fingerprint density at radius 1 is 0.800 bits per heavy atom. The summed E-state index contributed by atoms with van der Waals surface area (Å²) in [4.78, 5) is 31.1. The van der Waals surface area contributed by atoms with E-state index >= 15 is 0 Å². The van der Waals surface area contributed by atoms with Crippen LogP contribution in [0.25, 0.3) is 0 Å². The Morgan fingerprint density at radius 2 is 1.50 bits per heavy atom. The lowest BCUT2D eigenvalue weighted by Gasteiger charge is -2.38. The number of carbonyl (C=O) groups is 2. The fourth-order valence-corrected chi connectivity index (χ4v) is 8.64. The van der Waals surface area contributed by atoms with Gasteiger partial charge >= 0.3 is 5.97 Å². The summed E-state index contributed by atoms with van der Waals surface area (Å²) in [5, 5.41) is 0. The summed E-state index contributed by atoms with van der Waals surface area (Å²) in [6.45, 7) is 12.7. The third kappa shape index (κ3) is 12.3. The molecule has 7 atom stereocenters. The van der Waals surface area contributed by atoms with Crippen molar-refractivity contribution in [3.05, 3.63) is 59.8 Å². The number of cyclic esters (lactones) is 1. The quantitative estimate of drug-likeness (QED) is 0.158. The number of hydrogen-bond acceptors (Lipinski definition) is 6. The first-order valence-corrected chi connectivity index (χ1v) is 20.1. The van der Waals surface area contributed by atoms with Crippen molar-refractivity contribution in [3.8, 4) is 0 Å². The van der Waals surface area contributed by atoms with Gasteiger partial charge in [0.2, 0.25) is 5.91 Å². The Morgan fingerprint density at radius 3 is 2.24 bits per heavy atom. The average Bonchev–Trinajstić information content (AvgIpc) is 3.39. The molecule has 4 fully saturated rings. The maximum absolute atomic E-state index is 13.3. The molecule has 7 unspecified atom stereocenters. The first-order chi connectivity index (χ1) is 24.2. The average molecular weight is 691 g/mol. The maximum Gasteiger partial charge on any atom is 0.309 e. The van der Waals surface area contributed by atoms with Gasteiger partial charge in [0.05, 0.1) is 30.8 Å². The highest BCUT2D eigenvalue weighted by Crippen LogP contribution is 2.33. The molecule has 5 heterocycles. The molecule has 50 heavy (non-hydrogen) atoms. The van der Waals surface area contributed by atoms with E-state index in [4.69, 9.17) is 14.2 Å². The third-order valence-corrected chi connectivity index (χ3v) is 11.6. The van der Waals surface area contributed by atoms with Crippen molar-refractivity contribution in [1.82, 2.24) is 9.80 Å². The number of nitrogens with zero attached hydrogens (tertiary/aromatic N) is 2. The van der Waals surface area contributed by atoms with Crippen molar-refractivity contribution in [2.75, 3.05) is 26.2 Å². The van der Waals surface area contributed by atoms with E-state index in [0.717, 1.165) is 70.0 Å². The van der Waals surface area contributed by atoms with Gasteiger partial charge in [-0.1, -0.05) is 80.4 Å². The smallest absolute Gasteiger partial charge is 0.309 e. The van der Waals surface area contributed by atoms with E-state index < -0.39 is 0 Å². The first-order valence-electron chi connectivity index (χ1n) is 20.1. The number of ether oxygens (including phenoxy) is 3. The van der Waals surface area contributed by atoms with Crippen LogP contribution in [-0.2, 0) is 23.8 Å². The van der Waals surface area contributed by atoms with Gasteiger partial charge in [0.1, 0.15) is 6.10 Å². The van der Waals surface area contributed by atoms with Crippen LogP contribution < -0.4 is 0 Å². The summed E-state index contributed by atoms with van der Waals surface area (Å²) in [5.41, 5.74) is 2.41. The lowest BCUT2D eigenvalue weighted by molar-refractivity contribution is -0.154. The minimum Gasteiger partial charge on any atom is -0.457 e. The van der Waals surface area contributed by atoms with Crippen molar-refractivity contribution in [2.24, 2.45) is 11.8 Å². The molecule has 0 aromatic heterocycles. The Kier molecular flexibility index (Phi) is 15.5. The molecule has 278 valence electrons. The molecule has 7 nitrogen and oxygen atoms in total. The van der Waals surface area contributed by atoms with Crippen molar-refractivity contribution >= 4 is 11.9 Å². The lowest BCUT2D eigenvalue weighted by atomic mass is 9.90. The minimum absolute atomic E-state index is 0.0171. The normalized spacial score (nSPS) is 34.9. The van der Waals surface area contributed by atoms with Crippen LogP contribution >= 0.6 is 0 Å². The molecule has 4 saturated heterocycles. The van der Waals surface area contributed by atoms with E-state index in [1.807, 2.05) is 37.3 Å². The van der Waals surface area contributed by atoms with Gasteiger partial charge in [-0.25, -0.2) is 0 Å². The second-order valence-electron chi connectivity index (χ2n) is 15.9. The molecule has 0 radical (unpaired) electrons. The molecule has 0 aromatic rings. The Hall–Kier alpha value is -2.48. The van der Waals surface area contributed by atoms with Crippen molar-refractivity contribution in [1.29, 1.82) is 0 Å². The van der Waals surface area contributed by atoms with Crippen LogP contribution in [0.2, 0.25) is 0 Å². The summed E-state index contributed by atoms with van der Waals surface area (Å²) in [7, 11) is 0. The van der Waals surface area contributed by atoms with Crippen LogP contribution in [0.3, 0.4) is 0 Å². The van der Waals surface area contributed by atoms with Gasteiger partial charge in [-0.05, 0) is 103 Å². The van der Waals surface area contributed by atoms with Crippen LogP contribution in [0.4, 0.5) is 0 Å². The summed E-state index contributed by atoms with van der Waals surface area (Å²) < 4.78 is 19.2. The van der Waals surface area contributed by atoms with Gasteiger partial charge in [-0.2, -0.15) is 0 Å². The SMILES string of the molecule is C/C=C1\CC2CC(=O)OC(/C=C/C=C\C=C(/C)CC(=O)N3CCC(N4CCCCCC4)CC3)C(C)/C=C/C(C)CC3CCCC(CC(C1)O2)O3. The van der Waals surface area contributed by atoms with Gasteiger partial charge in [-0.3, -0.25) is 9.59 Å². The lowest BCUT2D eigenvalue weighted by Crippen LogP contribution is -2.47. The second kappa shape index (κ2) is 19.9. The predicted molar refractivity (Wildman–Crippen MR) is 202 cm³/mol. The second-order valence-corrected chi connectivity index (χ2v) is 15.9. The number of rotatable bonds is 6. The molecule has 7 heteroatoms. The van der Waals surface area contributed by atoms with Gasteiger partial charge in [0, 0.05) is 37.9 Å². The largest absolute Gasteiger partial charge is 0.457 e. The van der Waals surface area contributed by atoms with Gasteiger partial charge in [-0.15, -0.1) is 0 Å². The van der Waals surface area contributed by atoms with Gasteiger partial charge in [0.25, 0.3) is 0 Å². The Balaban J connectivity index is 1.16. The molecule has 0 saturated carbocycles. The molecule has 5 rings (SSSR count). The molecular weight excluding hydrogens is 624 g/mol. The summed E-state index contributed by atoms with van der Waals surface area (Å²) >= 11 is 0. The number of hydrogen-bond donors (Lipinski definition) is 0. The van der Waals surface area contributed by atoms with Crippen molar-refractivity contribution < 1.29 is 23.8 Å². The number of carbonyl (C=O) groups excluding carboxylic acids is 2. The Bertz CT molecular complexity index is 1240. The topological polar surface area (TPSA) is 68.3 Å². The first kappa shape index (κ1) is 38.7. The summed E-state index contributed by atoms with van der Waals surface area (Å²) in [6, 6.07) is 0.640. The van der Waals surface area contributed by atoms with Crippen LogP contribution in [0.15, 0.2) is 59.8 Å². The van der Waals surface area contributed by atoms with Crippen LogP contribution in [-0.4, -0.2) is 84.4 Å². The maximum atomic E-state index is 13.3. The zero-order valence-corrected chi connectivity index (χ0v) is 31.6. The highest BCUT2D eigenvalue weighted by molar-refractivity contribution is 5.78. The van der Waals surface area contributed by atoms with Crippen LogP contribution in [0.5, 0.6) is 0 Å². The van der Waals surface area contributed by atoms with Gasteiger partial charge in [0.15, 0.2) is 0 Å². The fraction of sp³-hybridized carbons (Fsp3) is 0.721. The molecule has 0 N–H and O–H groups in total. The summed E-state index contributed by atoms with van der Waals surface area (Å²) in [5.74, 6) is 0.405.